The summed E-state index contributed by atoms with van der Waals surface area (Å²) in [6.07, 6.45) is 2.02. The van der Waals surface area contributed by atoms with Gasteiger partial charge in [0.25, 0.3) is 0 Å². The summed E-state index contributed by atoms with van der Waals surface area (Å²) in [5.41, 5.74) is 1.03. The van der Waals surface area contributed by atoms with Gasteiger partial charge in [-0.1, -0.05) is 23.8 Å². The summed E-state index contributed by atoms with van der Waals surface area (Å²) in [7, 11) is -3.48. The number of nitrogens with one attached hydrogen (secondary N) is 1. The van der Waals surface area contributed by atoms with Crippen LogP contribution in [0.3, 0.4) is 0 Å². The molecular weight excluding hydrogens is 379 g/mol. The van der Waals surface area contributed by atoms with Gasteiger partial charge in [-0.2, -0.15) is 0 Å². The molecule has 1 saturated heterocycles. The van der Waals surface area contributed by atoms with Crippen molar-refractivity contribution in [2.24, 2.45) is 5.92 Å². The van der Waals surface area contributed by atoms with Crippen LogP contribution in [0.25, 0.3) is 0 Å². The van der Waals surface area contributed by atoms with Crippen molar-refractivity contribution >= 4 is 10.0 Å². The molecule has 7 heteroatoms. The number of rotatable bonds is 8. The molecule has 0 spiro atoms. The summed E-state index contributed by atoms with van der Waals surface area (Å²) >= 11 is 0. The van der Waals surface area contributed by atoms with E-state index in [0.29, 0.717) is 23.8 Å². The largest absolute Gasteiger partial charge is 0.492 e. The van der Waals surface area contributed by atoms with Crippen LogP contribution in [0, 0.1) is 18.7 Å². The fourth-order valence-corrected chi connectivity index (χ4v) is 4.51. The first-order chi connectivity index (χ1) is 13.4. The van der Waals surface area contributed by atoms with Gasteiger partial charge in [0.05, 0.1) is 4.90 Å². The molecule has 1 N–H and O–H groups in total. The lowest BCUT2D eigenvalue weighted by atomic mass is 9.98. The van der Waals surface area contributed by atoms with E-state index in [-0.39, 0.29) is 11.7 Å². The van der Waals surface area contributed by atoms with Gasteiger partial charge in [-0.25, -0.2) is 17.5 Å². The summed E-state index contributed by atoms with van der Waals surface area (Å²) in [4.78, 5) is 2.57. The van der Waals surface area contributed by atoms with E-state index in [9.17, 15) is 12.8 Å². The average molecular weight is 407 g/mol. The first-order valence-electron chi connectivity index (χ1n) is 9.59. The fourth-order valence-electron chi connectivity index (χ4n) is 3.40. The zero-order valence-electron chi connectivity index (χ0n) is 16.1. The van der Waals surface area contributed by atoms with E-state index in [4.69, 9.17) is 4.74 Å². The Hall–Kier alpha value is -1.96. The summed E-state index contributed by atoms with van der Waals surface area (Å²) in [5, 5.41) is 0. The van der Waals surface area contributed by atoms with Gasteiger partial charge in [-0.15, -0.1) is 0 Å². The SMILES string of the molecule is Cc1ccc(S(=O)(=O)NCC2CCCN(CCOc3cccc(F)c3)C2)cc1. The predicted octanol–water partition coefficient (Wildman–Crippen LogP) is 3.20. The third-order valence-corrected chi connectivity index (χ3v) is 6.41. The van der Waals surface area contributed by atoms with E-state index in [1.165, 1.54) is 12.1 Å². The zero-order valence-corrected chi connectivity index (χ0v) is 16.9. The maximum absolute atomic E-state index is 13.2. The Bertz CT molecular complexity index is 871. The quantitative estimate of drug-likeness (QED) is 0.731. The number of hydrogen-bond donors (Lipinski definition) is 1. The number of aryl methyl sites for hydroxylation is 1. The van der Waals surface area contributed by atoms with E-state index < -0.39 is 10.0 Å². The molecule has 5 nitrogen and oxygen atoms in total. The van der Waals surface area contributed by atoms with Gasteiger partial charge in [0.2, 0.25) is 10.0 Å². The topological polar surface area (TPSA) is 58.6 Å². The van der Waals surface area contributed by atoms with Gasteiger partial charge in [0.1, 0.15) is 18.2 Å². The highest BCUT2D eigenvalue weighted by Gasteiger charge is 2.22. The van der Waals surface area contributed by atoms with Crippen LogP contribution in [0.15, 0.2) is 53.4 Å². The third kappa shape index (κ3) is 6.02. The number of piperidine rings is 1. The molecule has 152 valence electrons. The predicted molar refractivity (Wildman–Crippen MR) is 107 cm³/mol. The average Bonchev–Trinajstić information content (AvgIpc) is 2.67. The monoisotopic (exact) mass is 406 g/mol. The molecule has 0 bridgehead atoms. The lowest BCUT2D eigenvalue weighted by Crippen LogP contribution is -2.42. The number of benzene rings is 2. The van der Waals surface area contributed by atoms with Crippen LogP contribution in [0.5, 0.6) is 5.75 Å². The van der Waals surface area contributed by atoms with Gasteiger partial charge in [0.15, 0.2) is 0 Å². The van der Waals surface area contributed by atoms with Crippen molar-refractivity contribution in [2.45, 2.75) is 24.7 Å². The van der Waals surface area contributed by atoms with Gasteiger partial charge in [-0.3, -0.25) is 4.90 Å². The maximum Gasteiger partial charge on any atom is 0.240 e. The van der Waals surface area contributed by atoms with Crippen molar-refractivity contribution in [1.29, 1.82) is 0 Å². The standard InChI is InChI=1S/C21H27FN2O3S/c1-17-7-9-21(10-8-17)28(25,26)23-15-18-4-3-11-24(16-18)12-13-27-20-6-2-5-19(22)14-20/h2,5-10,14,18,23H,3-4,11-13,15-16H2,1H3. The summed E-state index contributed by atoms with van der Waals surface area (Å²) in [5.74, 6) is 0.485. The molecule has 1 aliphatic rings. The Morgan fingerprint density at radius 3 is 2.75 bits per heavy atom. The fraction of sp³-hybridized carbons (Fsp3) is 0.429. The molecule has 1 atom stereocenters. The van der Waals surface area contributed by atoms with E-state index in [0.717, 1.165) is 38.0 Å². The minimum atomic E-state index is -3.48. The van der Waals surface area contributed by atoms with Crippen LogP contribution >= 0.6 is 0 Å². The molecule has 3 rings (SSSR count). The van der Waals surface area contributed by atoms with Crippen molar-refractivity contribution in [2.75, 3.05) is 32.8 Å². The Morgan fingerprint density at radius 2 is 2.00 bits per heavy atom. The van der Waals surface area contributed by atoms with Crippen LogP contribution in [-0.2, 0) is 10.0 Å². The molecule has 1 unspecified atom stereocenters. The van der Waals surface area contributed by atoms with Crippen LogP contribution in [-0.4, -0.2) is 46.1 Å². The molecule has 0 radical (unpaired) electrons. The minimum Gasteiger partial charge on any atom is -0.492 e. The van der Waals surface area contributed by atoms with Crippen molar-refractivity contribution in [1.82, 2.24) is 9.62 Å². The molecule has 0 amide bonds. The van der Waals surface area contributed by atoms with Gasteiger partial charge in [-0.05, 0) is 56.5 Å². The van der Waals surface area contributed by atoms with Gasteiger partial charge < -0.3 is 4.74 Å². The Morgan fingerprint density at radius 1 is 1.21 bits per heavy atom. The van der Waals surface area contributed by atoms with Crippen molar-refractivity contribution in [3.8, 4) is 5.75 Å². The third-order valence-electron chi connectivity index (χ3n) is 4.97. The van der Waals surface area contributed by atoms with Crippen LogP contribution in [0.1, 0.15) is 18.4 Å². The summed E-state index contributed by atoms with van der Waals surface area (Å²) in [6, 6.07) is 13.0. The lowest BCUT2D eigenvalue weighted by Gasteiger charge is -2.32. The molecule has 1 aliphatic heterocycles. The minimum absolute atomic E-state index is 0.267. The zero-order chi connectivity index (χ0) is 20.0. The highest BCUT2D eigenvalue weighted by molar-refractivity contribution is 7.89. The van der Waals surface area contributed by atoms with Gasteiger partial charge in [0, 0.05) is 25.7 Å². The van der Waals surface area contributed by atoms with Crippen LogP contribution in [0.2, 0.25) is 0 Å². The first kappa shape index (κ1) is 20.8. The molecular formula is C21H27FN2O3S. The van der Waals surface area contributed by atoms with Crippen molar-refractivity contribution in [3.63, 3.8) is 0 Å². The second-order valence-corrected chi connectivity index (χ2v) is 9.05. The molecule has 1 heterocycles. The van der Waals surface area contributed by atoms with E-state index in [1.54, 1.807) is 36.4 Å². The van der Waals surface area contributed by atoms with Gasteiger partial charge >= 0.3 is 0 Å². The second-order valence-electron chi connectivity index (χ2n) is 7.28. The normalized spacial score (nSPS) is 18.1. The maximum atomic E-state index is 13.2. The summed E-state index contributed by atoms with van der Waals surface area (Å²) < 4.78 is 46.4. The molecule has 0 aliphatic carbocycles. The molecule has 2 aromatic carbocycles. The number of sulfonamides is 1. The van der Waals surface area contributed by atoms with E-state index in [2.05, 4.69) is 9.62 Å². The Balaban J connectivity index is 1.45. The molecule has 1 fully saturated rings. The molecule has 28 heavy (non-hydrogen) atoms. The number of hydrogen-bond acceptors (Lipinski definition) is 4. The molecule has 2 aromatic rings. The summed E-state index contributed by atoms with van der Waals surface area (Å²) in [6.45, 7) is 5.36. The first-order valence-corrected chi connectivity index (χ1v) is 11.1. The molecule has 0 aromatic heterocycles. The number of nitrogens with zero attached hydrogens (tertiary/aromatic N) is 1. The highest BCUT2D eigenvalue weighted by atomic mass is 32.2. The number of likely N-dealkylation sites (tertiary alicyclic amines) is 1. The van der Waals surface area contributed by atoms with Crippen molar-refractivity contribution < 1.29 is 17.5 Å². The van der Waals surface area contributed by atoms with Crippen molar-refractivity contribution in [3.05, 3.63) is 59.9 Å². The Labute approximate surface area is 166 Å². The number of halogens is 1. The Kier molecular flexibility index (Phi) is 7.04. The smallest absolute Gasteiger partial charge is 0.240 e. The van der Waals surface area contributed by atoms with Crippen LogP contribution in [0.4, 0.5) is 4.39 Å². The lowest BCUT2D eigenvalue weighted by molar-refractivity contribution is 0.148. The highest BCUT2D eigenvalue weighted by Crippen LogP contribution is 2.18. The van der Waals surface area contributed by atoms with E-state index in [1.807, 2.05) is 6.92 Å². The van der Waals surface area contributed by atoms with E-state index >= 15 is 0 Å². The number of ether oxygens (including phenoxy) is 1. The van der Waals surface area contributed by atoms with Crippen LogP contribution < -0.4 is 9.46 Å². The second kappa shape index (κ2) is 9.49. The molecule has 0 saturated carbocycles.